The number of nitrogens with two attached hydrogens (primary N) is 1. The van der Waals surface area contributed by atoms with Crippen molar-refractivity contribution in [2.45, 2.75) is 32.2 Å². The highest BCUT2D eigenvalue weighted by Crippen LogP contribution is 2.36. The molecule has 1 atom stereocenters. The van der Waals surface area contributed by atoms with Gasteiger partial charge < -0.3 is 5.73 Å². The predicted octanol–water partition coefficient (Wildman–Crippen LogP) is 6.08. The van der Waals surface area contributed by atoms with E-state index in [0.717, 1.165) is 16.7 Å². The molecule has 3 rings (SSSR count). The molecule has 3 heteroatoms. The number of benzene rings is 3. The molecule has 2 N–H and O–H groups in total. The fourth-order valence-corrected chi connectivity index (χ4v) is 3.88. The number of hydrogen-bond acceptors (Lipinski definition) is 2. The van der Waals surface area contributed by atoms with Crippen LogP contribution in [0.25, 0.3) is 0 Å². The zero-order valence-corrected chi connectivity index (χ0v) is 17.1. The zero-order chi connectivity index (χ0) is 20.1. The second-order valence-corrected chi connectivity index (χ2v) is 8.00. The Bertz CT molecular complexity index is 882. The molecular formula is C25H26ClNO. The average Bonchev–Trinajstić information content (AvgIpc) is 2.70. The molecule has 0 unspecified atom stereocenters. The summed E-state index contributed by atoms with van der Waals surface area (Å²) in [5.41, 5.74) is 9.96. The number of Topliss-reactive ketones (excluding diaryl/α,β-unsaturated/α-hetero) is 1. The van der Waals surface area contributed by atoms with Crippen LogP contribution in [-0.2, 0) is 0 Å². The smallest absolute Gasteiger partial charge is 0.179 e. The fraction of sp³-hybridized carbons (Fsp3) is 0.240. The maximum absolute atomic E-state index is 12.7. The lowest BCUT2D eigenvalue weighted by Gasteiger charge is -2.21. The van der Waals surface area contributed by atoms with Crippen LogP contribution in [0, 0.1) is 5.92 Å². The van der Waals surface area contributed by atoms with Crippen LogP contribution in [0.3, 0.4) is 0 Å². The molecule has 0 spiro atoms. The van der Waals surface area contributed by atoms with Crippen LogP contribution < -0.4 is 5.73 Å². The summed E-state index contributed by atoms with van der Waals surface area (Å²) in [7, 11) is 0. The number of carbonyl (C=O) groups is 1. The highest BCUT2D eigenvalue weighted by Gasteiger charge is 2.22. The maximum Gasteiger partial charge on any atom is 0.179 e. The first-order chi connectivity index (χ1) is 13.5. The van der Waals surface area contributed by atoms with E-state index >= 15 is 0 Å². The normalized spacial score (nSPS) is 12.4. The van der Waals surface area contributed by atoms with E-state index in [4.69, 9.17) is 17.3 Å². The molecule has 0 aliphatic rings. The second kappa shape index (κ2) is 9.18. The SMILES string of the molecule is CC(C)C[C@H](N)C(=O)c1ccc(C(c2ccccc2)c2ccccc2)c(Cl)c1. The molecule has 28 heavy (non-hydrogen) atoms. The molecule has 0 saturated carbocycles. The van der Waals surface area contributed by atoms with Crippen molar-refractivity contribution in [2.75, 3.05) is 0 Å². The van der Waals surface area contributed by atoms with Crippen molar-refractivity contribution in [1.82, 2.24) is 0 Å². The van der Waals surface area contributed by atoms with E-state index in [1.165, 1.54) is 0 Å². The molecule has 0 bridgehead atoms. The topological polar surface area (TPSA) is 43.1 Å². The predicted molar refractivity (Wildman–Crippen MR) is 117 cm³/mol. The second-order valence-electron chi connectivity index (χ2n) is 7.59. The molecule has 0 heterocycles. The number of hydrogen-bond donors (Lipinski definition) is 1. The number of halogens is 1. The van der Waals surface area contributed by atoms with Crippen LogP contribution in [0.2, 0.25) is 5.02 Å². The molecule has 0 aliphatic heterocycles. The summed E-state index contributed by atoms with van der Waals surface area (Å²) in [5.74, 6) is 0.316. The molecule has 0 amide bonds. The summed E-state index contributed by atoms with van der Waals surface area (Å²) in [4.78, 5) is 12.7. The van der Waals surface area contributed by atoms with Crippen LogP contribution in [0.4, 0.5) is 0 Å². The Labute approximate surface area is 172 Å². The van der Waals surface area contributed by atoms with Crippen molar-refractivity contribution < 1.29 is 4.79 Å². The third kappa shape index (κ3) is 4.70. The number of rotatable bonds is 7. The first kappa shape index (κ1) is 20.3. The summed E-state index contributed by atoms with van der Waals surface area (Å²) in [6.07, 6.45) is 0.662. The average molecular weight is 392 g/mol. The Kier molecular flexibility index (Phi) is 6.66. The molecule has 0 aromatic heterocycles. The van der Waals surface area contributed by atoms with E-state index in [9.17, 15) is 4.79 Å². The molecule has 3 aromatic carbocycles. The van der Waals surface area contributed by atoms with Crippen LogP contribution in [0.5, 0.6) is 0 Å². The zero-order valence-electron chi connectivity index (χ0n) is 16.3. The van der Waals surface area contributed by atoms with Crippen molar-refractivity contribution in [3.63, 3.8) is 0 Å². The van der Waals surface area contributed by atoms with Gasteiger partial charge in [0.15, 0.2) is 5.78 Å². The van der Waals surface area contributed by atoms with Gasteiger partial charge >= 0.3 is 0 Å². The van der Waals surface area contributed by atoms with Gasteiger partial charge in [0.2, 0.25) is 0 Å². The third-order valence-corrected chi connectivity index (χ3v) is 5.25. The van der Waals surface area contributed by atoms with Gasteiger partial charge in [0.1, 0.15) is 0 Å². The van der Waals surface area contributed by atoms with Crippen molar-refractivity contribution in [3.05, 3.63) is 106 Å². The van der Waals surface area contributed by atoms with Gasteiger partial charge in [0.25, 0.3) is 0 Å². The Hall–Kier alpha value is -2.42. The van der Waals surface area contributed by atoms with Gasteiger partial charge in [-0.2, -0.15) is 0 Å². The van der Waals surface area contributed by atoms with E-state index < -0.39 is 6.04 Å². The quantitative estimate of drug-likeness (QED) is 0.392. The highest BCUT2D eigenvalue weighted by molar-refractivity contribution is 6.32. The maximum atomic E-state index is 12.7. The van der Waals surface area contributed by atoms with Gasteiger partial charge in [-0.25, -0.2) is 0 Å². The molecule has 0 saturated heterocycles. The van der Waals surface area contributed by atoms with E-state index in [1.54, 1.807) is 6.07 Å². The van der Waals surface area contributed by atoms with E-state index in [2.05, 4.69) is 38.1 Å². The van der Waals surface area contributed by atoms with Crippen LogP contribution in [-0.4, -0.2) is 11.8 Å². The lowest BCUT2D eigenvalue weighted by atomic mass is 9.84. The summed E-state index contributed by atoms with van der Waals surface area (Å²) in [6, 6.07) is 25.6. The molecule has 0 aliphatic carbocycles. The van der Waals surface area contributed by atoms with E-state index in [0.29, 0.717) is 22.9 Å². The lowest BCUT2D eigenvalue weighted by molar-refractivity contribution is 0.0951. The molecular weight excluding hydrogens is 366 g/mol. The Balaban J connectivity index is 1.99. The van der Waals surface area contributed by atoms with Crippen LogP contribution in [0.15, 0.2) is 78.9 Å². The Morgan fingerprint density at radius 3 is 1.89 bits per heavy atom. The molecule has 2 nitrogen and oxygen atoms in total. The third-order valence-electron chi connectivity index (χ3n) is 4.92. The van der Waals surface area contributed by atoms with Crippen molar-refractivity contribution >= 4 is 17.4 Å². The summed E-state index contributed by atoms with van der Waals surface area (Å²) in [6.45, 7) is 4.13. The largest absolute Gasteiger partial charge is 0.321 e. The highest BCUT2D eigenvalue weighted by atomic mass is 35.5. The monoisotopic (exact) mass is 391 g/mol. The van der Waals surface area contributed by atoms with Crippen molar-refractivity contribution in [1.29, 1.82) is 0 Å². The van der Waals surface area contributed by atoms with Gasteiger partial charge in [-0.15, -0.1) is 0 Å². The van der Waals surface area contributed by atoms with Gasteiger partial charge in [-0.05, 0) is 35.1 Å². The van der Waals surface area contributed by atoms with Crippen molar-refractivity contribution in [3.8, 4) is 0 Å². The summed E-state index contributed by atoms with van der Waals surface area (Å²) >= 11 is 6.69. The van der Waals surface area contributed by atoms with Crippen molar-refractivity contribution in [2.24, 2.45) is 11.7 Å². The molecule has 0 fully saturated rings. The first-order valence-electron chi connectivity index (χ1n) is 9.66. The molecule has 3 aromatic rings. The lowest BCUT2D eigenvalue weighted by Crippen LogP contribution is -2.32. The van der Waals surface area contributed by atoms with Gasteiger partial charge in [0.05, 0.1) is 6.04 Å². The summed E-state index contributed by atoms with van der Waals surface area (Å²) in [5, 5.41) is 0.584. The fourth-order valence-electron chi connectivity index (χ4n) is 3.59. The first-order valence-corrected chi connectivity index (χ1v) is 10.0. The minimum Gasteiger partial charge on any atom is -0.321 e. The minimum atomic E-state index is -0.499. The van der Waals surface area contributed by atoms with E-state index in [-0.39, 0.29) is 11.7 Å². The van der Waals surface area contributed by atoms with Crippen LogP contribution >= 0.6 is 11.6 Å². The number of ketones is 1. The van der Waals surface area contributed by atoms with Gasteiger partial charge in [-0.1, -0.05) is 98.2 Å². The molecule has 144 valence electrons. The van der Waals surface area contributed by atoms with Crippen LogP contribution in [0.1, 0.15) is 53.2 Å². The number of carbonyl (C=O) groups excluding carboxylic acids is 1. The Morgan fingerprint density at radius 1 is 0.893 bits per heavy atom. The van der Waals surface area contributed by atoms with Gasteiger partial charge in [-0.3, -0.25) is 4.79 Å². The van der Waals surface area contributed by atoms with E-state index in [1.807, 2.05) is 48.5 Å². The Morgan fingerprint density at radius 2 is 1.43 bits per heavy atom. The minimum absolute atomic E-state index is 0.00314. The van der Waals surface area contributed by atoms with Gasteiger partial charge in [0, 0.05) is 16.5 Å². The summed E-state index contributed by atoms with van der Waals surface area (Å²) < 4.78 is 0. The standard InChI is InChI=1S/C25H26ClNO/c1-17(2)15-23(27)25(28)20-13-14-21(22(26)16-20)24(18-9-5-3-6-10-18)19-11-7-4-8-12-19/h3-14,16-17,23-24H,15,27H2,1-2H3/t23-/m0/s1. The molecule has 0 radical (unpaired) electrons.